The molecule has 0 N–H and O–H groups in total. The molecule has 6 rings (SSSR count). The molecule has 3 nitrogen and oxygen atoms in total. The number of aryl methyl sites for hydroxylation is 4. The van der Waals surface area contributed by atoms with Crippen molar-refractivity contribution in [2.75, 3.05) is 0 Å². The summed E-state index contributed by atoms with van der Waals surface area (Å²) in [6, 6.07) is 15.3. The second-order valence-corrected chi connectivity index (χ2v) is 9.77. The number of fused-ring (bicyclic) bond motifs is 7. The zero-order valence-corrected chi connectivity index (χ0v) is 19.5. The van der Waals surface area contributed by atoms with Gasteiger partial charge in [-0.2, -0.15) is 0 Å². The van der Waals surface area contributed by atoms with Gasteiger partial charge >= 0.3 is 0 Å². The Bertz CT molecular complexity index is 1590. The van der Waals surface area contributed by atoms with Crippen molar-refractivity contribution in [1.29, 1.82) is 0 Å². The predicted molar refractivity (Wildman–Crippen MR) is 130 cm³/mol. The first kappa shape index (κ1) is 19.2. The fourth-order valence-corrected chi connectivity index (χ4v) is 5.44. The Labute approximate surface area is 188 Å². The van der Waals surface area contributed by atoms with E-state index < -0.39 is 0 Å². The lowest BCUT2D eigenvalue weighted by molar-refractivity contribution is -0.660. The lowest BCUT2D eigenvalue weighted by Gasteiger charge is -2.19. The minimum absolute atomic E-state index is 0.141. The zero-order chi connectivity index (χ0) is 22.4. The van der Waals surface area contributed by atoms with Crippen molar-refractivity contribution >= 4 is 21.9 Å². The van der Waals surface area contributed by atoms with Gasteiger partial charge < -0.3 is 4.42 Å². The number of furan rings is 1. The zero-order valence-electron chi connectivity index (χ0n) is 19.5. The molecule has 0 aliphatic heterocycles. The highest BCUT2D eigenvalue weighted by molar-refractivity contribution is 6.14. The first-order valence-corrected chi connectivity index (χ1v) is 11.2. The van der Waals surface area contributed by atoms with E-state index in [9.17, 15) is 0 Å². The van der Waals surface area contributed by atoms with E-state index in [0.29, 0.717) is 0 Å². The molecule has 3 heterocycles. The summed E-state index contributed by atoms with van der Waals surface area (Å²) in [4.78, 5) is 4.98. The van der Waals surface area contributed by atoms with Crippen LogP contribution in [0.25, 0.3) is 44.3 Å². The second-order valence-electron chi connectivity index (χ2n) is 9.77. The molecule has 0 saturated carbocycles. The number of hydrogen-bond acceptors (Lipinski definition) is 2. The largest absolute Gasteiger partial charge is 0.454 e. The number of nitrogens with zero attached hydrogens (tertiary/aromatic N) is 2. The Morgan fingerprint density at radius 3 is 2.41 bits per heavy atom. The van der Waals surface area contributed by atoms with Gasteiger partial charge in [0.1, 0.15) is 18.2 Å². The Balaban J connectivity index is 1.75. The molecule has 5 aromatic rings. The summed E-state index contributed by atoms with van der Waals surface area (Å²) < 4.78 is 8.99. The fraction of sp³-hybridized carbons (Fsp3) is 0.241. The van der Waals surface area contributed by atoms with Crippen molar-refractivity contribution in [1.82, 2.24) is 4.98 Å². The maximum absolute atomic E-state index is 6.78. The van der Waals surface area contributed by atoms with E-state index in [1.807, 2.05) is 6.20 Å². The van der Waals surface area contributed by atoms with Crippen LogP contribution in [-0.4, -0.2) is 4.98 Å². The molecule has 0 saturated heterocycles. The monoisotopic (exact) mass is 419 g/mol. The molecule has 0 atom stereocenters. The van der Waals surface area contributed by atoms with E-state index in [-0.39, 0.29) is 5.41 Å². The van der Waals surface area contributed by atoms with Gasteiger partial charge in [-0.15, -0.1) is 0 Å². The van der Waals surface area contributed by atoms with E-state index in [4.69, 9.17) is 9.40 Å². The van der Waals surface area contributed by atoms with Gasteiger partial charge in [0.25, 0.3) is 0 Å². The van der Waals surface area contributed by atoms with Gasteiger partial charge in [0.2, 0.25) is 5.69 Å². The molecule has 32 heavy (non-hydrogen) atoms. The van der Waals surface area contributed by atoms with Gasteiger partial charge in [-0.1, -0.05) is 50.2 Å². The van der Waals surface area contributed by atoms with Gasteiger partial charge in [-0.25, -0.2) is 4.57 Å². The van der Waals surface area contributed by atoms with Crippen molar-refractivity contribution in [2.45, 2.75) is 40.0 Å². The Morgan fingerprint density at radius 2 is 1.59 bits per heavy atom. The summed E-state index contributed by atoms with van der Waals surface area (Å²) in [5.74, 6) is 0. The first-order chi connectivity index (χ1) is 15.3. The van der Waals surface area contributed by atoms with Gasteiger partial charge in [0.15, 0.2) is 6.20 Å². The maximum Gasteiger partial charge on any atom is 0.216 e. The average molecular weight is 420 g/mol. The first-order valence-electron chi connectivity index (χ1n) is 11.2. The summed E-state index contributed by atoms with van der Waals surface area (Å²) in [6.45, 7) is 11.0. The standard InChI is InChI=1S/C29H27N2O/c1-16-11-12-19-21-14-30-28-25(20-9-7-8-10-22(20)29(28,4)5)27(21)32-26(19)24(16)23-13-17(2)18(3)15-31(23)6/h7-15H,1-6H3/q+1. The molecule has 3 heteroatoms. The summed E-state index contributed by atoms with van der Waals surface area (Å²) >= 11 is 0. The van der Waals surface area contributed by atoms with Crippen LogP contribution in [0, 0.1) is 20.8 Å². The Kier molecular flexibility index (Phi) is 3.78. The third-order valence-electron chi connectivity index (χ3n) is 7.35. The van der Waals surface area contributed by atoms with Gasteiger partial charge in [0.05, 0.1) is 11.3 Å². The number of pyridine rings is 2. The fourth-order valence-electron chi connectivity index (χ4n) is 5.44. The summed E-state index contributed by atoms with van der Waals surface area (Å²) in [5, 5.41) is 2.20. The molecule has 2 aromatic carbocycles. The molecule has 3 aromatic heterocycles. The number of rotatable bonds is 1. The third-order valence-corrected chi connectivity index (χ3v) is 7.35. The quantitative estimate of drug-likeness (QED) is 0.283. The second kappa shape index (κ2) is 6.29. The van der Waals surface area contributed by atoms with Crippen molar-refractivity contribution in [3.63, 3.8) is 0 Å². The van der Waals surface area contributed by atoms with Crippen LogP contribution in [-0.2, 0) is 12.5 Å². The van der Waals surface area contributed by atoms with Crippen LogP contribution >= 0.6 is 0 Å². The third kappa shape index (κ3) is 2.37. The van der Waals surface area contributed by atoms with Crippen LogP contribution in [0.3, 0.4) is 0 Å². The van der Waals surface area contributed by atoms with Gasteiger partial charge in [-0.05, 0) is 43.0 Å². The van der Waals surface area contributed by atoms with Crippen LogP contribution < -0.4 is 4.57 Å². The highest BCUT2D eigenvalue weighted by Crippen LogP contribution is 2.51. The Morgan fingerprint density at radius 1 is 0.844 bits per heavy atom. The molecule has 0 bridgehead atoms. The molecule has 158 valence electrons. The van der Waals surface area contributed by atoms with Gasteiger partial charge in [-0.3, -0.25) is 4.98 Å². The number of hydrogen-bond donors (Lipinski definition) is 0. The van der Waals surface area contributed by atoms with Gasteiger partial charge in [0, 0.05) is 39.6 Å². The van der Waals surface area contributed by atoms with E-state index in [2.05, 4.69) is 94.9 Å². The predicted octanol–water partition coefficient (Wildman–Crippen LogP) is 6.70. The van der Waals surface area contributed by atoms with Crippen molar-refractivity contribution < 1.29 is 8.98 Å². The molecule has 0 spiro atoms. The van der Waals surface area contributed by atoms with Crippen LogP contribution in [0.15, 0.2) is 59.3 Å². The molecule has 0 unspecified atom stereocenters. The molecule has 0 amide bonds. The van der Waals surface area contributed by atoms with Crippen LogP contribution in [0.1, 0.15) is 41.8 Å². The van der Waals surface area contributed by atoms with E-state index >= 15 is 0 Å². The highest BCUT2D eigenvalue weighted by atomic mass is 16.3. The molecule has 0 fully saturated rings. The van der Waals surface area contributed by atoms with Crippen LogP contribution in [0.5, 0.6) is 0 Å². The lowest BCUT2D eigenvalue weighted by atomic mass is 9.85. The van der Waals surface area contributed by atoms with Crippen molar-refractivity contribution in [3.05, 3.63) is 82.8 Å². The van der Waals surface area contributed by atoms with Crippen molar-refractivity contribution in [2.24, 2.45) is 7.05 Å². The molecular formula is C29H27N2O+. The lowest BCUT2D eigenvalue weighted by Crippen LogP contribution is -2.31. The van der Waals surface area contributed by atoms with E-state index in [1.54, 1.807) is 0 Å². The SMILES string of the molecule is Cc1cc(-c2c(C)ccc3c2oc2c4c(ncc23)C(C)(C)c2ccccc2-4)[n+](C)cc1C. The molecule has 1 aliphatic carbocycles. The normalized spacial score (nSPS) is 14.2. The summed E-state index contributed by atoms with van der Waals surface area (Å²) in [7, 11) is 2.11. The molecule has 1 aliphatic rings. The molecule has 0 radical (unpaired) electrons. The van der Waals surface area contributed by atoms with Crippen molar-refractivity contribution in [3.8, 4) is 22.4 Å². The number of aromatic nitrogens is 2. The topological polar surface area (TPSA) is 29.9 Å². The molecular weight excluding hydrogens is 392 g/mol. The summed E-state index contributed by atoms with van der Waals surface area (Å²) in [5.41, 5.74) is 12.6. The Hall–Kier alpha value is -3.46. The average Bonchev–Trinajstić information content (AvgIpc) is 3.24. The minimum Gasteiger partial charge on any atom is -0.454 e. The smallest absolute Gasteiger partial charge is 0.216 e. The van der Waals surface area contributed by atoms with E-state index in [0.717, 1.165) is 38.8 Å². The maximum atomic E-state index is 6.78. The van der Waals surface area contributed by atoms with Crippen LogP contribution in [0.2, 0.25) is 0 Å². The summed E-state index contributed by atoms with van der Waals surface area (Å²) in [6.07, 6.45) is 4.21. The van der Waals surface area contributed by atoms with E-state index in [1.165, 1.54) is 33.5 Å². The number of benzene rings is 2. The minimum atomic E-state index is -0.141. The van der Waals surface area contributed by atoms with Crippen LogP contribution in [0.4, 0.5) is 0 Å². The highest BCUT2D eigenvalue weighted by Gasteiger charge is 2.39.